The van der Waals surface area contributed by atoms with Crippen molar-refractivity contribution in [1.29, 1.82) is 0 Å². The van der Waals surface area contributed by atoms with E-state index in [4.69, 9.17) is 4.74 Å². The summed E-state index contributed by atoms with van der Waals surface area (Å²) in [7, 11) is 1.41. The number of carbonyl (C=O) groups is 1. The fourth-order valence-electron chi connectivity index (χ4n) is 2.78. The Balaban J connectivity index is 1.79. The molecular formula is C17H17NO2. The number of esters is 1. The molecule has 0 bridgehead atoms. The number of fused-ring (bicyclic) bond motifs is 1. The monoisotopic (exact) mass is 267 g/mol. The second kappa shape index (κ2) is 5.37. The lowest BCUT2D eigenvalue weighted by Gasteiger charge is -2.16. The SMILES string of the molecule is COC(=O)c1ccccc1NC1Cc2ccccc2C1. The van der Waals surface area contributed by atoms with E-state index in [9.17, 15) is 4.79 Å². The minimum Gasteiger partial charge on any atom is -0.465 e. The van der Waals surface area contributed by atoms with Crippen LogP contribution in [-0.2, 0) is 17.6 Å². The molecule has 0 atom stereocenters. The molecule has 3 rings (SSSR count). The molecule has 1 N–H and O–H groups in total. The number of carbonyl (C=O) groups excluding carboxylic acids is 1. The summed E-state index contributed by atoms with van der Waals surface area (Å²) in [6.07, 6.45) is 1.98. The van der Waals surface area contributed by atoms with Gasteiger partial charge in [-0.2, -0.15) is 0 Å². The van der Waals surface area contributed by atoms with E-state index < -0.39 is 0 Å². The number of methoxy groups -OCH3 is 1. The van der Waals surface area contributed by atoms with E-state index in [1.165, 1.54) is 18.2 Å². The predicted octanol–water partition coefficient (Wildman–Crippen LogP) is 3.05. The van der Waals surface area contributed by atoms with E-state index >= 15 is 0 Å². The third-order valence-corrected chi connectivity index (χ3v) is 3.74. The van der Waals surface area contributed by atoms with Gasteiger partial charge in [-0.25, -0.2) is 4.79 Å². The first kappa shape index (κ1) is 12.7. The number of nitrogens with one attached hydrogen (secondary N) is 1. The van der Waals surface area contributed by atoms with Crippen LogP contribution in [0.25, 0.3) is 0 Å². The lowest BCUT2D eigenvalue weighted by Crippen LogP contribution is -2.21. The minimum atomic E-state index is -0.302. The third kappa shape index (κ3) is 2.39. The van der Waals surface area contributed by atoms with Crippen molar-refractivity contribution in [3.63, 3.8) is 0 Å². The van der Waals surface area contributed by atoms with Crippen molar-refractivity contribution < 1.29 is 9.53 Å². The number of ether oxygens (including phenoxy) is 1. The van der Waals surface area contributed by atoms with Gasteiger partial charge in [0.25, 0.3) is 0 Å². The van der Waals surface area contributed by atoms with Crippen molar-refractivity contribution in [2.45, 2.75) is 18.9 Å². The Morgan fingerprint density at radius 3 is 2.30 bits per heavy atom. The third-order valence-electron chi connectivity index (χ3n) is 3.74. The zero-order valence-electron chi connectivity index (χ0n) is 11.4. The van der Waals surface area contributed by atoms with Crippen molar-refractivity contribution in [3.05, 3.63) is 65.2 Å². The summed E-state index contributed by atoms with van der Waals surface area (Å²) in [4.78, 5) is 11.8. The molecule has 2 aromatic carbocycles. The summed E-state index contributed by atoms with van der Waals surface area (Å²) in [6.45, 7) is 0. The molecule has 20 heavy (non-hydrogen) atoms. The molecule has 102 valence electrons. The molecule has 0 fully saturated rings. The molecule has 0 aliphatic heterocycles. The second-order valence-corrected chi connectivity index (χ2v) is 5.06. The molecule has 0 amide bonds. The molecule has 2 aromatic rings. The van der Waals surface area contributed by atoms with Crippen LogP contribution in [0.3, 0.4) is 0 Å². The van der Waals surface area contributed by atoms with Gasteiger partial charge in [0.2, 0.25) is 0 Å². The van der Waals surface area contributed by atoms with Gasteiger partial charge in [-0.3, -0.25) is 0 Å². The van der Waals surface area contributed by atoms with Gasteiger partial charge in [0.05, 0.1) is 12.7 Å². The maximum atomic E-state index is 11.8. The van der Waals surface area contributed by atoms with Gasteiger partial charge in [-0.15, -0.1) is 0 Å². The van der Waals surface area contributed by atoms with E-state index in [0.717, 1.165) is 18.5 Å². The van der Waals surface area contributed by atoms with Gasteiger partial charge in [-0.1, -0.05) is 36.4 Å². The Morgan fingerprint density at radius 2 is 1.65 bits per heavy atom. The summed E-state index contributed by atoms with van der Waals surface area (Å²) in [5.41, 5.74) is 4.21. The molecular weight excluding hydrogens is 250 g/mol. The van der Waals surface area contributed by atoms with Crippen LogP contribution in [0.4, 0.5) is 5.69 Å². The largest absolute Gasteiger partial charge is 0.465 e. The van der Waals surface area contributed by atoms with Crippen molar-refractivity contribution >= 4 is 11.7 Å². The number of para-hydroxylation sites is 1. The first-order valence-electron chi connectivity index (χ1n) is 6.78. The summed E-state index contributed by atoms with van der Waals surface area (Å²) in [5.74, 6) is -0.302. The predicted molar refractivity (Wildman–Crippen MR) is 79.0 cm³/mol. The summed E-state index contributed by atoms with van der Waals surface area (Å²) in [6, 6.07) is 16.3. The van der Waals surface area contributed by atoms with Gasteiger partial charge in [-0.05, 0) is 36.1 Å². The standard InChI is InChI=1S/C17H17NO2/c1-20-17(19)15-8-4-5-9-16(15)18-14-10-12-6-2-3-7-13(12)11-14/h2-9,14,18H,10-11H2,1H3. The van der Waals surface area contributed by atoms with E-state index in [2.05, 4.69) is 29.6 Å². The number of hydrogen-bond acceptors (Lipinski definition) is 3. The van der Waals surface area contributed by atoms with Gasteiger partial charge in [0.1, 0.15) is 0 Å². The Hall–Kier alpha value is -2.29. The average Bonchev–Trinajstić information content (AvgIpc) is 2.89. The van der Waals surface area contributed by atoms with Crippen molar-refractivity contribution in [1.82, 2.24) is 0 Å². The molecule has 0 unspecified atom stereocenters. The molecule has 0 saturated heterocycles. The minimum absolute atomic E-state index is 0.302. The highest BCUT2D eigenvalue weighted by atomic mass is 16.5. The number of benzene rings is 2. The van der Waals surface area contributed by atoms with Crippen LogP contribution in [0.15, 0.2) is 48.5 Å². The fraction of sp³-hybridized carbons (Fsp3) is 0.235. The zero-order chi connectivity index (χ0) is 13.9. The number of hydrogen-bond donors (Lipinski definition) is 1. The zero-order valence-corrected chi connectivity index (χ0v) is 11.4. The van der Waals surface area contributed by atoms with Crippen molar-refractivity contribution in [2.24, 2.45) is 0 Å². The van der Waals surface area contributed by atoms with Gasteiger partial charge < -0.3 is 10.1 Å². The van der Waals surface area contributed by atoms with Gasteiger partial charge in [0.15, 0.2) is 0 Å². The summed E-state index contributed by atoms with van der Waals surface area (Å²) >= 11 is 0. The van der Waals surface area contributed by atoms with Crippen molar-refractivity contribution in [3.8, 4) is 0 Å². The van der Waals surface area contributed by atoms with Gasteiger partial charge in [0, 0.05) is 11.7 Å². The highest BCUT2D eigenvalue weighted by Gasteiger charge is 2.22. The van der Waals surface area contributed by atoms with E-state index in [1.807, 2.05) is 18.2 Å². The topological polar surface area (TPSA) is 38.3 Å². The molecule has 3 nitrogen and oxygen atoms in total. The molecule has 0 aromatic heterocycles. The second-order valence-electron chi connectivity index (χ2n) is 5.06. The van der Waals surface area contributed by atoms with Crippen molar-refractivity contribution in [2.75, 3.05) is 12.4 Å². The molecule has 1 aliphatic carbocycles. The van der Waals surface area contributed by atoms with E-state index in [1.54, 1.807) is 6.07 Å². The Labute approximate surface area is 118 Å². The highest BCUT2D eigenvalue weighted by molar-refractivity contribution is 5.95. The fourth-order valence-corrected chi connectivity index (χ4v) is 2.78. The first-order valence-corrected chi connectivity index (χ1v) is 6.78. The molecule has 0 radical (unpaired) electrons. The van der Waals surface area contributed by atoms with Crippen LogP contribution in [0, 0.1) is 0 Å². The van der Waals surface area contributed by atoms with E-state index in [0.29, 0.717) is 11.6 Å². The Morgan fingerprint density at radius 1 is 1.05 bits per heavy atom. The van der Waals surface area contributed by atoms with Crippen LogP contribution in [0.5, 0.6) is 0 Å². The van der Waals surface area contributed by atoms with Crippen LogP contribution in [0.1, 0.15) is 21.5 Å². The molecule has 0 saturated carbocycles. The summed E-state index contributed by atoms with van der Waals surface area (Å²) < 4.78 is 4.82. The molecule has 1 aliphatic rings. The number of anilines is 1. The average molecular weight is 267 g/mol. The van der Waals surface area contributed by atoms with Crippen LogP contribution in [-0.4, -0.2) is 19.1 Å². The van der Waals surface area contributed by atoms with E-state index in [-0.39, 0.29) is 5.97 Å². The molecule has 0 heterocycles. The quantitative estimate of drug-likeness (QED) is 0.869. The maximum Gasteiger partial charge on any atom is 0.339 e. The first-order chi connectivity index (χ1) is 9.78. The van der Waals surface area contributed by atoms with Crippen LogP contribution in [0.2, 0.25) is 0 Å². The maximum absolute atomic E-state index is 11.8. The molecule has 0 spiro atoms. The smallest absolute Gasteiger partial charge is 0.339 e. The lowest BCUT2D eigenvalue weighted by atomic mass is 10.1. The summed E-state index contributed by atoms with van der Waals surface area (Å²) in [5, 5.41) is 3.47. The van der Waals surface area contributed by atoms with Crippen LogP contribution < -0.4 is 5.32 Å². The Bertz CT molecular complexity index is 611. The number of rotatable bonds is 3. The van der Waals surface area contributed by atoms with Gasteiger partial charge >= 0.3 is 5.97 Å². The lowest BCUT2D eigenvalue weighted by molar-refractivity contribution is 0.0602. The van der Waals surface area contributed by atoms with Crippen LogP contribution >= 0.6 is 0 Å². The highest BCUT2D eigenvalue weighted by Crippen LogP contribution is 2.26. The Kier molecular flexibility index (Phi) is 3.42. The molecule has 3 heteroatoms. The normalized spacial score (nSPS) is 13.8.